The van der Waals surface area contributed by atoms with Gasteiger partial charge in [-0.2, -0.15) is 0 Å². The molecule has 0 bridgehead atoms. The third-order valence-electron chi connectivity index (χ3n) is 5.89. The second-order valence-corrected chi connectivity index (χ2v) is 18.3. The first kappa shape index (κ1) is 24.7. The van der Waals surface area contributed by atoms with E-state index in [2.05, 4.69) is 24.6 Å². The van der Waals surface area contributed by atoms with Crippen molar-refractivity contribution in [2.75, 3.05) is 12.9 Å². The zero-order chi connectivity index (χ0) is 23.4. The zero-order valence-electron chi connectivity index (χ0n) is 19.6. The number of hydrogen-bond donors (Lipinski definition) is 0. The first-order chi connectivity index (χ1) is 14.0. The van der Waals surface area contributed by atoms with Crippen molar-refractivity contribution in [1.82, 2.24) is 9.55 Å². The van der Waals surface area contributed by atoms with Gasteiger partial charge in [-0.1, -0.05) is 31.2 Å². The average Bonchev–Trinajstić information content (AvgIpc) is 3.03. The Morgan fingerprint density at radius 1 is 1.16 bits per heavy atom. The highest BCUT2D eigenvalue weighted by molar-refractivity contribution is 7.90. The molecule has 0 unspecified atom stereocenters. The van der Waals surface area contributed by atoms with E-state index in [0.29, 0.717) is 28.1 Å². The quantitative estimate of drug-likeness (QED) is 0.438. The summed E-state index contributed by atoms with van der Waals surface area (Å²) in [6.07, 6.45) is 1.14. The first-order valence-electron chi connectivity index (χ1n) is 10.3. The monoisotopic (exact) mass is 486 g/mol. The number of rotatable bonds is 7. The molecule has 1 aromatic heterocycles. The Balaban J connectivity index is 1.99. The molecule has 0 saturated carbocycles. The summed E-state index contributed by atoms with van der Waals surface area (Å²) in [6, 6.07) is 4.44. The normalized spacial score (nSPS) is 18.8. The van der Waals surface area contributed by atoms with Gasteiger partial charge in [-0.3, -0.25) is 4.57 Å². The van der Waals surface area contributed by atoms with Crippen LogP contribution in [0.15, 0.2) is 17.3 Å². The van der Waals surface area contributed by atoms with E-state index < -0.39 is 36.2 Å². The van der Waals surface area contributed by atoms with Gasteiger partial charge >= 0.3 is 7.12 Å². The van der Waals surface area contributed by atoms with Crippen molar-refractivity contribution in [2.24, 2.45) is 0 Å². The highest BCUT2D eigenvalue weighted by Crippen LogP contribution is 2.37. The molecule has 1 aromatic carbocycles. The average molecular weight is 487 g/mol. The van der Waals surface area contributed by atoms with Crippen molar-refractivity contribution in [3.8, 4) is 0 Å². The summed E-state index contributed by atoms with van der Waals surface area (Å²) in [6.45, 7) is 15.3. The predicted molar refractivity (Wildman–Crippen MR) is 128 cm³/mol. The van der Waals surface area contributed by atoms with Crippen molar-refractivity contribution >= 4 is 53.1 Å². The molecule has 0 spiro atoms. The van der Waals surface area contributed by atoms with Crippen LogP contribution in [0.5, 0.6) is 0 Å². The van der Waals surface area contributed by atoms with Gasteiger partial charge in [0.25, 0.3) is 0 Å². The minimum Gasteiger partial charge on any atom is -0.399 e. The molecule has 0 amide bonds. The van der Waals surface area contributed by atoms with Gasteiger partial charge in [0.1, 0.15) is 6.73 Å². The SMILES string of the molecule is CC1(C)OB(c2cc3nc(S(C)(=O)=O)n(COCC[Si](C)(C)C)c3cc2Cl)OC1(C)C. The number of aromatic nitrogens is 2. The lowest BCUT2D eigenvalue weighted by Crippen LogP contribution is -2.41. The summed E-state index contributed by atoms with van der Waals surface area (Å²) in [4.78, 5) is 4.39. The lowest BCUT2D eigenvalue weighted by molar-refractivity contribution is 0.00578. The fraction of sp³-hybridized carbons (Fsp3) is 0.650. The van der Waals surface area contributed by atoms with E-state index in [0.717, 1.165) is 12.3 Å². The Bertz CT molecular complexity index is 1080. The summed E-state index contributed by atoms with van der Waals surface area (Å²) in [5, 5.41) is 0.381. The Kier molecular flexibility index (Phi) is 6.50. The van der Waals surface area contributed by atoms with Gasteiger partial charge in [-0.15, -0.1) is 0 Å². The van der Waals surface area contributed by atoms with Crippen LogP contribution in [0.25, 0.3) is 11.0 Å². The molecule has 2 heterocycles. The second-order valence-electron chi connectivity index (χ2n) is 10.4. The third-order valence-corrected chi connectivity index (χ3v) is 8.89. The van der Waals surface area contributed by atoms with Gasteiger partial charge < -0.3 is 14.0 Å². The molecule has 11 heteroatoms. The standard InChI is InChI=1S/C20H32BClN2O5SSi/c1-19(2)20(3,4)29-21(28-19)14-11-16-17(12-15(14)22)24(18(23-16)30(5,25)26)13-27-9-10-31(6,7)8/h11-12H,9-10,13H2,1-8H3. The molecule has 172 valence electrons. The third kappa shape index (κ3) is 5.20. The largest absolute Gasteiger partial charge is 0.496 e. The number of hydrogen-bond acceptors (Lipinski definition) is 6. The molecule has 0 aliphatic carbocycles. The van der Waals surface area contributed by atoms with E-state index in [4.69, 9.17) is 25.6 Å². The number of fused-ring (bicyclic) bond motifs is 1. The maximum absolute atomic E-state index is 12.4. The number of ether oxygens (including phenoxy) is 1. The van der Waals surface area contributed by atoms with Gasteiger partial charge in [0.2, 0.25) is 15.0 Å². The summed E-state index contributed by atoms with van der Waals surface area (Å²) >= 11 is 6.60. The minimum atomic E-state index is -3.57. The van der Waals surface area contributed by atoms with Crippen molar-refractivity contribution in [2.45, 2.75) is 76.5 Å². The van der Waals surface area contributed by atoms with E-state index in [1.54, 1.807) is 16.7 Å². The molecule has 0 atom stereocenters. The first-order valence-corrected chi connectivity index (χ1v) is 16.3. The fourth-order valence-corrected chi connectivity index (χ4v) is 5.05. The lowest BCUT2D eigenvalue weighted by Gasteiger charge is -2.32. The van der Waals surface area contributed by atoms with E-state index in [1.165, 1.54) is 0 Å². The molecular formula is C20H32BClN2O5SSi. The molecule has 1 saturated heterocycles. The Labute approximate surface area is 191 Å². The highest BCUT2D eigenvalue weighted by Gasteiger charge is 2.52. The van der Waals surface area contributed by atoms with E-state index in [9.17, 15) is 8.42 Å². The fourth-order valence-electron chi connectivity index (χ4n) is 3.23. The summed E-state index contributed by atoms with van der Waals surface area (Å²) in [7, 11) is -5.49. The van der Waals surface area contributed by atoms with Crippen LogP contribution in [0.4, 0.5) is 0 Å². The minimum absolute atomic E-state index is 0.0439. The second kappa shape index (κ2) is 8.14. The molecule has 0 radical (unpaired) electrons. The molecule has 1 aliphatic rings. The number of sulfone groups is 1. The zero-order valence-corrected chi connectivity index (χ0v) is 22.1. The molecule has 31 heavy (non-hydrogen) atoms. The maximum atomic E-state index is 12.4. The molecule has 7 nitrogen and oxygen atoms in total. The van der Waals surface area contributed by atoms with Gasteiger partial charge in [-0.05, 0) is 45.9 Å². The molecule has 3 rings (SSSR count). The van der Waals surface area contributed by atoms with Crippen LogP contribution in [0.1, 0.15) is 27.7 Å². The number of nitrogens with zero attached hydrogens (tertiary/aromatic N) is 2. The summed E-state index contributed by atoms with van der Waals surface area (Å²) in [5.41, 5.74) is 0.689. The van der Waals surface area contributed by atoms with E-state index >= 15 is 0 Å². The van der Waals surface area contributed by atoms with Crippen molar-refractivity contribution < 1.29 is 22.5 Å². The number of benzene rings is 1. The van der Waals surface area contributed by atoms with Crippen LogP contribution in [0.3, 0.4) is 0 Å². The van der Waals surface area contributed by atoms with Crippen LogP contribution in [-0.4, -0.2) is 57.2 Å². The highest BCUT2D eigenvalue weighted by atomic mass is 35.5. The predicted octanol–water partition coefficient (Wildman–Crippen LogP) is 3.70. The van der Waals surface area contributed by atoms with Crippen molar-refractivity contribution in [3.05, 3.63) is 17.2 Å². The lowest BCUT2D eigenvalue weighted by atomic mass is 9.79. The maximum Gasteiger partial charge on any atom is 0.496 e. The van der Waals surface area contributed by atoms with E-state index in [-0.39, 0.29) is 11.9 Å². The number of halogens is 1. The van der Waals surface area contributed by atoms with Crippen molar-refractivity contribution in [3.63, 3.8) is 0 Å². The van der Waals surface area contributed by atoms with Crippen LogP contribution >= 0.6 is 11.6 Å². The van der Waals surface area contributed by atoms with Gasteiger partial charge in [0.05, 0.1) is 22.2 Å². The summed E-state index contributed by atoms with van der Waals surface area (Å²) in [5.74, 6) is 0. The smallest absolute Gasteiger partial charge is 0.399 e. The Morgan fingerprint density at radius 2 is 1.74 bits per heavy atom. The molecule has 0 N–H and O–H groups in total. The topological polar surface area (TPSA) is 79.7 Å². The number of imidazole rings is 1. The molecule has 2 aromatic rings. The van der Waals surface area contributed by atoms with Gasteiger partial charge in [0.15, 0.2) is 0 Å². The summed E-state index contributed by atoms with van der Waals surface area (Å²) < 4.78 is 44.4. The molecular weight excluding hydrogens is 455 g/mol. The van der Waals surface area contributed by atoms with Gasteiger partial charge in [0, 0.05) is 31.4 Å². The Morgan fingerprint density at radius 3 is 2.26 bits per heavy atom. The van der Waals surface area contributed by atoms with Crippen LogP contribution < -0.4 is 5.46 Å². The van der Waals surface area contributed by atoms with E-state index in [1.807, 2.05) is 27.7 Å². The van der Waals surface area contributed by atoms with Crippen LogP contribution in [-0.2, 0) is 30.6 Å². The molecule has 1 aliphatic heterocycles. The van der Waals surface area contributed by atoms with Gasteiger partial charge in [-0.25, -0.2) is 13.4 Å². The van der Waals surface area contributed by atoms with Crippen LogP contribution in [0.2, 0.25) is 30.7 Å². The molecule has 1 fully saturated rings. The Hall–Kier alpha value is -0.908. The van der Waals surface area contributed by atoms with Crippen LogP contribution in [0, 0.1) is 0 Å². The van der Waals surface area contributed by atoms with Crippen molar-refractivity contribution in [1.29, 1.82) is 0 Å².